The second kappa shape index (κ2) is 8.72. The second-order valence-electron chi connectivity index (χ2n) is 8.42. The van der Waals surface area contributed by atoms with Gasteiger partial charge in [0.25, 0.3) is 0 Å². The highest BCUT2D eigenvalue weighted by molar-refractivity contribution is 5.80. The average molecular weight is 378 g/mol. The Balaban J connectivity index is 2.08. The summed E-state index contributed by atoms with van der Waals surface area (Å²) in [4.78, 5) is 28.8. The number of carbonyl (C=O) groups excluding carboxylic acids is 2. The molecular weight excluding hydrogens is 347 g/mol. The maximum Gasteiger partial charge on any atom is 0.410 e. The largest absolute Gasteiger partial charge is 0.444 e. The van der Waals surface area contributed by atoms with Crippen LogP contribution in [0, 0.1) is 11.7 Å². The van der Waals surface area contributed by atoms with Gasteiger partial charge in [0, 0.05) is 31.2 Å². The van der Waals surface area contributed by atoms with Gasteiger partial charge in [-0.15, -0.1) is 0 Å². The fourth-order valence-electron chi connectivity index (χ4n) is 3.23. The third kappa shape index (κ3) is 5.94. The summed E-state index contributed by atoms with van der Waals surface area (Å²) < 4.78 is 19.5. The summed E-state index contributed by atoms with van der Waals surface area (Å²) in [7, 11) is 0. The van der Waals surface area contributed by atoms with Crippen molar-refractivity contribution >= 4 is 12.0 Å². The van der Waals surface area contributed by atoms with Crippen LogP contribution in [0.25, 0.3) is 0 Å². The number of piperidine rings is 1. The highest BCUT2D eigenvalue weighted by atomic mass is 19.1. The lowest BCUT2D eigenvalue weighted by atomic mass is 9.96. The lowest BCUT2D eigenvalue weighted by molar-refractivity contribution is -0.139. The Hall–Kier alpha value is -2.11. The predicted molar refractivity (Wildman–Crippen MR) is 103 cm³/mol. The number of carbonyl (C=O) groups is 2. The van der Waals surface area contributed by atoms with Crippen LogP contribution in [-0.2, 0) is 16.1 Å². The zero-order valence-electron chi connectivity index (χ0n) is 17.0. The first-order valence-electron chi connectivity index (χ1n) is 9.60. The Kier molecular flexibility index (Phi) is 6.84. The van der Waals surface area contributed by atoms with Gasteiger partial charge in [-0.05, 0) is 53.5 Å². The van der Waals surface area contributed by atoms with Crippen molar-refractivity contribution < 1.29 is 18.7 Å². The number of hydrogen-bond acceptors (Lipinski definition) is 3. The number of nitrogens with zero attached hydrogens (tertiary/aromatic N) is 2. The molecule has 27 heavy (non-hydrogen) atoms. The summed E-state index contributed by atoms with van der Waals surface area (Å²) in [5.74, 6) is -0.642. The lowest BCUT2D eigenvalue weighted by Gasteiger charge is -2.37. The van der Waals surface area contributed by atoms with E-state index >= 15 is 0 Å². The Labute approximate surface area is 161 Å². The molecule has 1 aromatic carbocycles. The van der Waals surface area contributed by atoms with Crippen LogP contribution < -0.4 is 0 Å². The number of halogens is 1. The van der Waals surface area contributed by atoms with E-state index in [2.05, 4.69) is 0 Å². The standard InChI is InChI=1S/C21H31FN2O3/c1-15(2)24(14-16-9-6-7-11-18(16)22)19(25)17-10-8-12-23(13-17)20(26)27-21(3,4)5/h6-7,9,11,15,17H,8,10,12-14H2,1-5H3. The second-order valence-corrected chi connectivity index (χ2v) is 8.42. The van der Waals surface area contributed by atoms with E-state index in [-0.39, 0.29) is 36.3 Å². The molecule has 1 atom stereocenters. The van der Waals surface area contributed by atoms with Crippen LogP contribution in [0.4, 0.5) is 9.18 Å². The summed E-state index contributed by atoms with van der Waals surface area (Å²) >= 11 is 0. The van der Waals surface area contributed by atoms with Gasteiger partial charge in [0.15, 0.2) is 0 Å². The summed E-state index contributed by atoms with van der Waals surface area (Å²) in [6, 6.07) is 6.45. The van der Waals surface area contributed by atoms with E-state index in [0.717, 1.165) is 12.8 Å². The average Bonchev–Trinajstić information content (AvgIpc) is 2.59. The van der Waals surface area contributed by atoms with E-state index in [1.165, 1.54) is 6.07 Å². The van der Waals surface area contributed by atoms with Crippen LogP contribution in [0.1, 0.15) is 53.0 Å². The molecule has 1 aliphatic heterocycles. The zero-order chi connectivity index (χ0) is 20.2. The van der Waals surface area contributed by atoms with Gasteiger partial charge in [-0.3, -0.25) is 4.79 Å². The molecule has 0 spiro atoms. The van der Waals surface area contributed by atoms with E-state index in [1.807, 2.05) is 34.6 Å². The topological polar surface area (TPSA) is 49.9 Å². The fourth-order valence-corrected chi connectivity index (χ4v) is 3.23. The summed E-state index contributed by atoms with van der Waals surface area (Å²) in [6.45, 7) is 10.5. The molecule has 0 aliphatic carbocycles. The number of amides is 2. The summed E-state index contributed by atoms with van der Waals surface area (Å²) in [5, 5.41) is 0. The first kappa shape index (κ1) is 21.2. The molecule has 5 nitrogen and oxygen atoms in total. The van der Waals surface area contributed by atoms with E-state index in [1.54, 1.807) is 28.0 Å². The molecule has 0 aromatic heterocycles. The van der Waals surface area contributed by atoms with Gasteiger partial charge in [0.05, 0.1) is 5.92 Å². The molecule has 1 aliphatic rings. The molecular formula is C21H31FN2O3. The van der Waals surface area contributed by atoms with E-state index in [9.17, 15) is 14.0 Å². The van der Waals surface area contributed by atoms with Gasteiger partial charge in [-0.25, -0.2) is 9.18 Å². The van der Waals surface area contributed by atoms with Crippen LogP contribution in [0.2, 0.25) is 0 Å². The maximum atomic E-state index is 14.0. The van der Waals surface area contributed by atoms with E-state index < -0.39 is 5.60 Å². The van der Waals surface area contributed by atoms with Gasteiger partial charge in [-0.2, -0.15) is 0 Å². The highest BCUT2D eigenvalue weighted by Gasteiger charge is 2.34. The monoisotopic (exact) mass is 378 g/mol. The van der Waals surface area contributed by atoms with Crippen LogP contribution in [0.3, 0.4) is 0 Å². The number of benzene rings is 1. The Bertz CT molecular complexity index is 670. The minimum absolute atomic E-state index is 0.0403. The van der Waals surface area contributed by atoms with E-state index in [0.29, 0.717) is 18.7 Å². The molecule has 6 heteroatoms. The molecule has 0 radical (unpaired) electrons. The Morgan fingerprint density at radius 1 is 1.30 bits per heavy atom. The maximum absolute atomic E-state index is 14.0. The quantitative estimate of drug-likeness (QED) is 0.789. The van der Waals surface area contributed by atoms with Crippen molar-refractivity contribution in [1.82, 2.24) is 9.80 Å². The lowest BCUT2D eigenvalue weighted by Crippen LogP contribution is -2.49. The number of ether oxygens (including phenoxy) is 1. The fraction of sp³-hybridized carbons (Fsp3) is 0.619. The van der Waals surface area contributed by atoms with Gasteiger partial charge in [0.2, 0.25) is 5.91 Å². The van der Waals surface area contributed by atoms with Gasteiger partial charge < -0.3 is 14.5 Å². The zero-order valence-corrected chi connectivity index (χ0v) is 17.0. The molecule has 150 valence electrons. The van der Waals surface area contributed by atoms with E-state index in [4.69, 9.17) is 4.74 Å². The smallest absolute Gasteiger partial charge is 0.410 e. The normalized spacial score (nSPS) is 17.7. The number of likely N-dealkylation sites (tertiary alicyclic amines) is 1. The van der Waals surface area contributed by atoms with Crippen molar-refractivity contribution in [1.29, 1.82) is 0 Å². The Morgan fingerprint density at radius 3 is 2.56 bits per heavy atom. The van der Waals surface area contributed by atoms with Crippen molar-refractivity contribution in [2.45, 2.75) is 65.6 Å². The third-order valence-electron chi connectivity index (χ3n) is 4.63. The Morgan fingerprint density at radius 2 is 1.96 bits per heavy atom. The van der Waals surface area contributed by atoms with Crippen molar-refractivity contribution in [3.63, 3.8) is 0 Å². The predicted octanol–water partition coefficient (Wildman–Crippen LogP) is 4.21. The highest BCUT2D eigenvalue weighted by Crippen LogP contribution is 2.23. The van der Waals surface area contributed by atoms with Gasteiger partial charge in [-0.1, -0.05) is 18.2 Å². The van der Waals surface area contributed by atoms with Crippen LogP contribution in [-0.4, -0.2) is 46.5 Å². The molecule has 0 saturated carbocycles. The van der Waals surface area contributed by atoms with Gasteiger partial charge in [0.1, 0.15) is 11.4 Å². The number of hydrogen-bond donors (Lipinski definition) is 0. The first-order valence-corrected chi connectivity index (χ1v) is 9.60. The molecule has 2 rings (SSSR count). The van der Waals surface area contributed by atoms with Crippen molar-refractivity contribution in [2.75, 3.05) is 13.1 Å². The minimum Gasteiger partial charge on any atom is -0.444 e. The summed E-state index contributed by atoms with van der Waals surface area (Å²) in [5.41, 5.74) is -0.0672. The van der Waals surface area contributed by atoms with Gasteiger partial charge >= 0.3 is 6.09 Å². The van der Waals surface area contributed by atoms with Crippen LogP contribution in [0.15, 0.2) is 24.3 Å². The first-order chi connectivity index (χ1) is 12.6. The molecule has 1 unspecified atom stereocenters. The molecule has 1 heterocycles. The molecule has 1 fully saturated rings. The molecule has 2 amide bonds. The molecule has 0 N–H and O–H groups in total. The van der Waals surface area contributed by atoms with Crippen LogP contribution >= 0.6 is 0 Å². The molecule has 1 saturated heterocycles. The number of rotatable bonds is 4. The molecule has 1 aromatic rings. The summed E-state index contributed by atoms with van der Waals surface area (Å²) in [6.07, 6.45) is 1.09. The van der Waals surface area contributed by atoms with Crippen molar-refractivity contribution in [3.05, 3.63) is 35.6 Å². The third-order valence-corrected chi connectivity index (χ3v) is 4.63. The minimum atomic E-state index is -0.567. The van der Waals surface area contributed by atoms with Crippen LogP contribution in [0.5, 0.6) is 0 Å². The molecule has 0 bridgehead atoms. The SMILES string of the molecule is CC(C)N(Cc1ccccc1F)C(=O)C1CCCN(C(=O)OC(C)(C)C)C1. The van der Waals surface area contributed by atoms with Crippen molar-refractivity contribution in [2.24, 2.45) is 5.92 Å². The van der Waals surface area contributed by atoms with Crippen molar-refractivity contribution in [3.8, 4) is 0 Å².